The number of carboxylic acids is 1. The predicted molar refractivity (Wildman–Crippen MR) is 64.3 cm³/mol. The van der Waals surface area contributed by atoms with Gasteiger partial charge < -0.3 is 5.11 Å². The van der Waals surface area contributed by atoms with E-state index in [-0.39, 0.29) is 5.56 Å². The molecule has 0 aromatic heterocycles. The maximum Gasteiger partial charge on any atom is 0.335 e. The average Bonchev–Trinajstić information content (AvgIpc) is 2.26. The van der Waals surface area contributed by atoms with E-state index < -0.39 is 16.8 Å². The van der Waals surface area contributed by atoms with E-state index >= 15 is 0 Å². The molecule has 0 aliphatic rings. The monoisotopic (exact) mass is 240 g/mol. The number of carboxylic acid groups (broad SMARTS) is 1. The van der Waals surface area contributed by atoms with Crippen LogP contribution in [-0.4, -0.2) is 21.0 Å². The summed E-state index contributed by atoms with van der Waals surface area (Å²) in [4.78, 5) is 11.5. The minimum absolute atomic E-state index is 0.238. The van der Waals surface area contributed by atoms with Gasteiger partial charge in [-0.1, -0.05) is 19.4 Å². The smallest absolute Gasteiger partial charge is 0.335 e. The maximum absolute atomic E-state index is 11.8. The van der Waals surface area contributed by atoms with E-state index in [9.17, 15) is 9.00 Å². The molecule has 4 heteroatoms. The molecule has 1 rings (SSSR count). The van der Waals surface area contributed by atoms with Crippen LogP contribution in [0.25, 0.3) is 0 Å². The van der Waals surface area contributed by atoms with Crippen molar-refractivity contribution in [3.8, 4) is 0 Å². The molecule has 0 saturated carbocycles. The molecule has 1 unspecified atom stereocenters. The van der Waals surface area contributed by atoms with Crippen LogP contribution >= 0.6 is 0 Å². The van der Waals surface area contributed by atoms with E-state index in [1.165, 1.54) is 6.07 Å². The summed E-state index contributed by atoms with van der Waals surface area (Å²) in [6.07, 6.45) is 1.88. The van der Waals surface area contributed by atoms with Gasteiger partial charge in [-0.3, -0.25) is 4.21 Å². The molecule has 0 bridgehead atoms. The lowest BCUT2D eigenvalue weighted by Gasteiger charge is -2.05. The third kappa shape index (κ3) is 3.17. The van der Waals surface area contributed by atoms with Crippen molar-refractivity contribution < 1.29 is 14.1 Å². The van der Waals surface area contributed by atoms with Crippen molar-refractivity contribution in [2.24, 2.45) is 0 Å². The van der Waals surface area contributed by atoms with Crippen molar-refractivity contribution in [2.75, 3.05) is 5.75 Å². The molecule has 88 valence electrons. The lowest BCUT2D eigenvalue weighted by atomic mass is 10.1. The molecular weight excluding hydrogens is 224 g/mol. The number of carbonyl (C=O) groups is 1. The first-order valence-corrected chi connectivity index (χ1v) is 6.60. The summed E-state index contributed by atoms with van der Waals surface area (Å²) in [5.74, 6) is -0.370. The van der Waals surface area contributed by atoms with E-state index in [2.05, 4.69) is 0 Å². The van der Waals surface area contributed by atoms with E-state index in [1.807, 2.05) is 6.92 Å². The normalized spacial score (nSPS) is 12.4. The van der Waals surface area contributed by atoms with Gasteiger partial charge >= 0.3 is 5.97 Å². The van der Waals surface area contributed by atoms with Gasteiger partial charge in [0.15, 0.2) is 0 Å². The molecule has 1 aromatic rings. The molecule has 0 aliphatic heterocycles. The van der Waals surface area contributed by atoms with Crippen molar-refractivity contribution in [3.05, 3.63) is 29.3 Å². The molecule has 3 nitrogen and oxygen atoms in total. The zero-order valence-electron chi connectivity index (χ0n) is 9.53. The summed E-state index contributed by atoms with van der Waals surface area (Å²) >= 11 is 0. The zero-order chi connectivity index (χ0) is 12.1. The van der Waals surface area contributed by atoms with E-state index in [4.69, 9.17) is 5.11 Å². The molecule has 0 amide bonds. The van der Waals surface area contributed by atoms with Crippen molar-refractivity contribution >= 4 is 16.8 Å². The zero-order valence-corrected chi connectivity index (χ0v) is 10.3. The maximum atomic E-state index is 11.8. The van der Waals surface area contributed by atoms with Gasteiger partial charge in [0, 0.05) is 10.6 Å². The van der Waals surface area contributed by atoms with Gasteiger partial charge in [0.2, 0.25) is 0 Å². The predicted octanol–water partition coefficient (Wildman–Crippen LogP) is 2.60. The molecule has 0 aliphatic carbocycles. The number of unbranched alkanes of at least 4 members (excludes halogenated alkanes) is 1. The van der Waals surface area contributed by atoms with Gasteiger partial charge in [-0.25, -0.2) is 4.79 Å². The number of benzene rings is 1. The fraction of sp³-hybridized carbons (Fsp3) is 0.417. The minimum Gasteiger partial charge on any atom is -0.478 e. The summed E-state index contributed by atoms with van der Waals surface area (Å²) < 4.78 is 11.8. The van der Waals surface area contributed by atoms with Gasteiger partial charge in [-0.15, -0.1) is 0 Å². The van der Waals surface area contributed by atoms with E-state index in [1.54, 1.807) is 19.1 Å². The summed E-state index contributed by atoms with van der Waals surface area (Å²) in [6.45, 7) is 3.78. The lowest BCUT2D eigenvalue weighted by Crippen LogP contribution is -2.03. The number of aryl methyl sites for hydroxylation is 1. The van der Waals surface area contributed by atoms with Gasteiger partial charge in [-0.05, 0) is 31.0 Å². The highest BCUT2D eigenvalue weighted by atomic mass is 32.2. The lowest BCUT2D eigenvalue weighted by molar-refractivity contribution is 0.0696. The van der Waals surface area contributed by atoms with Crippen LogP contribution in [0.2, 0.25) is 0 Å². The first kappa shape index (κ1) is 12.9. The van der Waals surface area contributed by atoms with Gasteiger partial charge in [-0.2, -0.15) is 0 Å². The van der Waals surface area contributed by atoms with Crippen LogP contribution in [0, 0.1) is 6.92 Å². The van der Waals surface area contributed by atoms with Crippen LogP contribution in [0.15, 0.2) is 23.1 Å². The Labute approximate surface area is 98.0 Å². The summed E-state index contributed by atoms with van der Waals surface area (Å²) in [6, 6.07) is 4.97. The van der Waals surface area contributed by atoms with Crippen LogP contribution in [0.5, 0.6) is 0 Å². The van der Waals surface area contributed by atoms with Crippen LogP contribution in [-0.2, 0) is 10.8 Å². The van der Waals surface area contributed by atoms with Crippen LogP contribution in [0.1, 0.15) is 35.7 Å². The largest absolute Gasteiger partial charge is 0.478 e. The van der Waals surface area contributed by atoms with E-state index in [0.717, 1.165) is 12.8 Å². The molecule has 1 aromatic carbocycles. The number of hydrogen-bond acceptors (Lipinski definition) is 2. The molecule has 0 heterocycles. The summed E-state index contributed by atoms with van der Waals surface area (Å²) in [5.41, 5.74) is 0.936. The topological polar surface area (TPSA) is 54.4 Å². The molecule has 0 radical (unpaired) electrons. The van der Waals surface area contributed by atoms with Gasteiger partial charge in [0.1, 0.15) is 0 Å². The molecule has 0 saturated heterocycles. The van der Waals surface area contributed by atoms with Crippen LogP contribution < -0.4 is 0 Å². The van der Waals surface area contributed by atoms with E-state index in [0.29, 0.717) is 16.2 Å². The number of hydrogen-bond donors (Lipinski definition) is 1. The fourth-order valence-corrected chi connectivity index (χ4v) is 2.62. The number of aromatic carboxylic acids is 1. The van der Waals surface area contributed by atoms with Crippen LogP contribution in [0.4, 0.5) is 0 Å². The second kappa shape index (κ2) is 5.80. The van der Waals surface area contributed by atoms with Crippen molar-refractivity contribution in [2.45, 2.75) is 31.6 Å². The van der Waals surface area contributed by atoms with Crippen LogP contribution in [0.3, 0.4) is 0 Å². The Morgan fingerprint density at radius 2 is 2.12 bits per heavy atom. The summed E-state index contributed by atoms with van der Waals surface area (Å²) in [5, 5.41) is 8.95. The highest BCUT2D eigenvalue weighted by Crippen LogP contribution is 2.15. The Balaban J connectivity index is 2.94. The molecular formula is C12H16O3S. The second-order valence-electron chi connectivity index (χ2n) is 3.69. The Morgan fingerprint density at radius 1 is 1.44 bits per heavy atom. The highest BCUT2D eigenvalue weighted by molar-refractivity contribution is 7.85. The summed E-state index contributed by atoms with van der Waals surface area (Å²) in [7, 11) is -1.08. The SMILES string of the molecule is CCCCS(=O)c1ccc(C)c(C(=O)O)c1. The van der Waals surface area contributed by atoms with Crippen molar-refractivity contribution in [1.29, 1.82) is 0 Å². The molecule has 16 heavy (non-hydrogen) atoms. The average molecular weight is 240 g/mol. The molecule has 1 atom stereocenters. The Hall–Kier alpha value is -1.16. The van der Waals surface area contributed by atoms with Crippen molar-refractivity contribution in [1.82, 2.24) is 0 Å². The second-order valence-corrected chi connectivity index (χ2v) is 5.26. The number of rotatable bonds is 5. The minimum atomic E-state index is -1.08. The Kier molecular flexibility index (Phi) is 4.68. The van der Waals surface area contributed by atoms with Gasteiger partial charge in [0.25, 0.3) is 0 Å². The first-order valence-electron chi connectivity index (χ1n) is 5.28. The first-order chi connectivity index (χ1) is 7.56. The fourth-order valence-electron chi connectivity index (χ4n) is 1.37. The molecule has 1 N–H and O–H groups in total. The Morgan fingerprint density at radius 3 is 2.69 bits per heavy atom. The third-order valence-corrected chi connectivity index (χ3v) is 3.82. The standard InChI is InChI=1S/C12H16O3S/c1-3-4-7-16(15)10-6-5-9(2)11(8-10)12(13)14/h5-6,8H,3-4,7H2,1-2H3,(H,13,14). The Bertz CT molecular complexity index is 413. The molecule has 0 fully saturated rings. The quantitative estimate of drug-likeness (QED) is 0.860. The third-order valence-electron chi connectivity index (χ3n) is 2.39. The highest BCUT2D eigenvalue weighted by Gasteiger charge is 2.10. The molecule has 0 spiro atoms. The van der Waals surface area contributed by atoms with Crippen molar-refractivity contribution in [3.63, 3.8) is 0 Å². The van der Waals surface area contributed by atoms with Gasteiger partial charge in [0.05, 0.1) is 16.4 Å².